The molecule has 1 heterocycles. The first kappa shape index (κ1) is 10.6. The third kappa shape index (κ3) is 2.79. The van der Waals surface area contributed by atoms with Gasteiger partial charge in [-0.25, -0.2) is 0 Å². The van der Waals surface area contributed by atoms with Crippen LogP contribution in [0.5, 0.6) is 0 Å². The van der Waals surface area contributed by atoms with Crippen molar-refractivity contribution in [3.8, 4) is 0 Å². The van der Waals surface area contributed by atoms with Gasteiger partial charge in [0.25, 0.3) is 0 Å². The molecule has 0 unspecified atom stereocenters. The first-order valence-corrected chi connectivity index (χ1v) is 6.16. The van der Waals surface area contributed by atoms with Gasteiger partial charge in [-0.2, -0.15) is 0 Å². The van der Waals surface area contributed by atoms with Gasteiger partial charge < -0.3 is 10.4 Å². The lowest BCUT2D eigenvalue weighted by Crippen LogP contribution is -2.28. The summed E-state index contributed by atoms with van der Waals surface area (Å²) in [6.07, 6.45) is 2.91. The van der Waals surface area contributed by atoms with Gasteiger partial charge >= 0.3 is 0 Å². The topological polar surface area (TPSA) is 49.3 Å². The van der Waals surface area contributed by atoms with Crippen LogP contribution in [0.2, 0.25) is 0 Å². The first-order chi connectivity index (χ1) is 7.25. The molecule has 0 bridgehead atoms. The highest BCUT2D eigenvalue weighted by atomic mass is 32.1. The van der Waals surface area contributed by atoms with Crippen LogP contribution >= 0.6 is 11.3 Å². The number of anilines is 1. The molecule has 1 fully saturated rings. The van der Waals surface area contributed by atoms with Gasteiger partial charge in [0.2, 0.25) is 5.91 Å². The summed E-state index contributed by atoms with van der Waals surface area (Å²) in [6, 6.07) is 3.82. The van der Waals surface area contributed by atoms with Crippen molar-refractivity contribution in [2.45, 2.75) is 31.8 Å². The number of aliphatic hydroxyl groups is 1. The van der Waals surface area contributed by atoms with E-state index in [-0.39, 0.29) is 17.9 Å². The van der Waals surface area contributed by atoms with Gasteiger partial charge in [-0.05, 0) is 43.2 Å². The van der Waals surface area contributed by atoms with Crippen molar-refractivity contribution < 1.29 is 9.90 Å². The molecule has 0 aliphatic heterocycles. The van der Waals surface area contributed by atoms with Crippen LogP contribution in [-0.4, -0.2) is 17.1 Å². The summed E-state index contributed by atoms with van der Waals surface area (Å²) >= 11 is 1.53. The molecule has 0 spiro atoms. The van der Waals surface area contributed by atoms with Crippen LogP contribution in [0.3, 0.4) is 0 Å². The second-order valence-corrected chi connectivity index (χ2v) is 4.92. The van der Waals surface area contributed by atoms with Gasteiger partial charge in [-0.15, -0.1) is 11.3 Å². The Morgan fingerprint density at radius 1 is 1.40 bits per heavy atom. The molecule has 1 aromatic rings. The van der Waals surface area contributed by atoms with Gasteiger partial charge in [-0.3, -0.25) is 4.79 Å². The summed E-state index contributed by atoms with van der Waals surface area (Å²) in [4.78, 5) is 11.8. The Hall–Kier alpha value is -0.870. The molecule has 1 aliphatic rings. The average Bonchev–Trinajstić information content (AvgIpc) is 2.71. The van der Waals surface area contributed by atoms with Crippen molar-refractivity contribution in [3.05, 3.63) is 17.5 Å². The third-order valence-corrected chi connectivity index (χ3v) is 3.62. The highest BCUT2D eigenvalue weighted by Crippen LogP contribution is 2.26. The number of aliphatic hydroxyl groups excluding tert-OH is 1. The molecular formula is C11H15NO2S. The molecule has 2 rings (SSSR count). The fourth-order valence-corrected chi connectivity index (χ4v) is 2.53. The highest BCUT2D eigenvalue weighted by molar-refractivity contribution is 7.14. The summed E-state index contributed by atoms with van der Waals surface area (Å²) in [6.45, 7) is 0. The number of nitrogens with one attached hydrogen (secondary N) is 1. The Kier molecular flexibility index (Phi) is 3.38. The second-order valence-electron chi connectivity index (χ2n) is 3.97. The van der Waals surface area contributed by atoms with E-state index in [2.05, 4.69) is 5.32 Å². The number of amides is 1. The zero-order valence-corrected chi connectivity index (χ0v) is 9.30. The van der Waals surface area contributed by atoms with Crippen LogP contribution in [0.15, 0.2) is 17.5 Å². The molecule has 0 atom stereocenters. The lowest BCUT2D eigenvalue weighted by molar-refractivity contribution is -0.121. The zero-order valence-electron chi connectivity index (χ0n) is 8.48. The van der Waals surface area contributed by atoms with Gasteiger partial charge in [0.15, 0.2) is 0 Å². The minimum Gasteiger partial charge on any atom is -0.393 e. The number of carbonyl (C=O) groups is 1. The Morgan fingerprint density at radius 2 is 2.13 bits per heavy atom. The molecule has 15 heavy (non-hydrogen) atoms. The summed E-state index contributed by atoms with van der Waals surface area (Å²) < 4.78 is 0. The van der Waals surface area contributed by atoms with Crippen molar-refractivity contribution in [1.82, 2.24) is 0 Å². The van der Waals surface area contributed by atoms with E-state index >= 15 is 0 Å². The largest absolute Gasteiger partial charge is 0.393 e. The Morgan fingerprint density at radius 3 is 2.73 bits per heavy atom. The summed E-state index contributed by atoms with van der Waals surface area (Å²) in [5.41, 5.74) is 0. The molecule has 82 valence electrons. The number of hydrogen-bond acceptors (Lipinski definition) is 3. The van der Waals surface area contributed by atoms with Gasteiger partial charge in [0.1, 0.15) is 0 Å². The quantitative estimate of drug-likeness (QED) is 0.811. The van der Waals surface area contributed by atoms with Crippen molar-refractivity contribution in [3.63, 3.8) is 0 Å². The maximum atomic E-state index is 11.8. The van der Waals surface area contributed by atoms with Crippen LogP contribution < -0.4 is 5.32 Å². The fraction of sp³-hybridized carbons (Fsp3) is 0.545. The highest BCUT2D eigenvalue weighted by Gasteiger charge is 2.25. The number of carbonyl (C=O) groups excluding carboxylic acids is 1. The zero-order chi connectivity index (χ0) is 10.7. The Balaban J connectivity index is 1.86. The van der Waals surface area contributed by atoms with E-state index in [9.17, 15) is 9.90 Å². The molecule has 1 saturated carbocycles. The molecule has 0 saturated heterocycles. The first-order valence-electron chi connectivity index (χ1n) is 5.28. The summed E-state index contributed by atoms with van der Waals surface area (Å²) in [5.74, 6) is 0.180. The third-order valence-electron chi connectivity index (χ3n) is 2.84. The standard InChI is InChI=1S/C11H15NO2S/c13-9-5-3-8(4-6-9)11(14)12-10-2-1-7-15-10/h1-2,7-9,13H,3-6H2,(H,12,14). The maximum absolute atomic E-state index is 11.8. The number of thiophene rings is 1. The smallest absolute Gasteiger partial charge is 0.228 e. The van der Waals surface area contributed by atoms with Crippen LogP contribution in [0, 0.1) is 5.92 Å². The predicted molar refractivity (Wildman–Crippen MR) is 60.9 cm³/mol. The van der Waals surface area contributed by atoms with Gasteiger partial charge in [0.05, 0.1) is 11.1 Å². The van der Waals surface area contributed by atoms with Crippen molar-refractivity contribution in [1.29, 1.82) is 0 Å². The Bertz CT molecular complexity index is 315. The molecule has 3 nitrogen and oxygen atoms in total. The van der Waals surface area contributed by atoms with E-state index in [1.807, 2.05) is 17.5 Å². The fourth-order valence-electron chi connectivity index (χ4n) is 1.91. The Labute approximate surface area is 93.1 Å². The normalized spacial score (nSPS) is 26.2. The molecular weight excluding hydrogens is 210 g/mol. The summed E-state index contributed by atoms with van der Waals surface area (Å²) in [7, 11) is 0. The average molecular weight is 225 g/mol. The maximum Gasteiger partial charge on any atom is 0.228 e. The van der Waals surface area contributed by atoms with Crippen LogP contribution in [-0.2, 0) is 4.79 Å². The van der Waals surface area contributed by atoms with E-state index in [0.29, 0.717) is 0 Å². The lowest BCUT2D eigenvalue weighted by Gasteiger charge is -2.24. The number of hydrogen-bond donors (Lipinski definition) is 2. The van der Waals surface area contributed by atoms with E-state index in [0.717, 1.165) is 30.7 Å². The minimum atomic E-state index is -0.198. The SMILES string of the molecule is O=C(Nc1cccs1)C1CCC(O)CC1. The van der Waals surface area contributed by atoms with E-state index in [1.165, 1.54) is 11.3 Å². The predicted octanol–water partition coefficient (Wildman–Crippen LogP) is 2.24. The van der Waals surface area contributed by atoms with E-state index < -0.39 is 0 Å². The molecule has 0 radical (unpaired) electrons. The van der Waals surface area contributed by atoms with Gasteiger partial charge in [0, 0.05) is 5.92 Å². The van der Waals surface area contributed by atoms with Crippen LogP contribution in [0.25, 0.3) is 0 Å². The molecule has 4 heteroatoms. The monoisotopic (exact) mass is 225 g/mol. The summed E-state index contributed by atoms with van der Waals surface area (Å²) in [5, 5.41) is 15.1. The van der Waals surface area contributed by atoms with E-state index in [1.54, 1.807) is 0 Å². The van der Waals surface area contributed by atoms with E-state index in [4.69, 9.17) is 0 Å². The van der Waals surface area contributed by atoms with Gasteiger partial charge in [-0.1, -0.05) is 0 Å². The molecule has 1 aliphatic carbocycles. The molecule has 1 aromatic heterocycles. The molecule has 0 aromatic carbocycles. The van der Waals surface area contributed by atoms with Crippen LogP contribution in [0.4, 0.5) is 5.00 Å². The lowest BCUT2D eigenvalue weighted by atomic mass is 9.87. The van der Waals surface area contributed by atoms with Crippen LogP contribution in [0.1, 0.15) is 25.7 Å². The van der Waals surface area contributed by atoms with Crippen molar-refractivity contribution >= 4 is 22.2 Å². The van der Waals surface area contributed by atoms with Crippen molar-refractivity contribution in [2.24, 2.45) is 5.92 Å². The molecule has 1 amide bonds. The minimum absolute atomic E-state index is 0.0792. The van der Waals surface area contributed by atoms with Crippen molar-refractivity contribution in [2.75, 3.05) is 5.32 Å². The second kappa shape index (κ2) is 4.77. The molecule has 2 N–H and O–H groups in total. The number of rotatable bonds is 2.